The second-order valence-electron chi connectivity index (χ2n) is 49.3. The van der Waals surface area contributed by atoms with Crippen LogP contribution in [0, 0.1) is 409 Å². The number of rotatable bonds is 0. The minimum absolute atomic E-state index is 1.10. The maximum absolute atomic E-state index is 1.83. The molecule has 0 amide bonds. The van der Waals surface area contributed by atoms with Crippen LogP contribution in [0.25, 0.3) is 0 Å². The quantitative estimate of drug-likeness (QED) is 0.271. The Kier molecular flexibility index (Phi) is 1.34. The average molecular weight is 959 g/mol. The summed E-state index contributed by atoms with van der Waals surface area (Å²) in [4.78, 5) is 0. The minimum atomic E-state index is 1.10. The zero-order valence-corrected chi connectivity index (χ0v) is 41.8. The van der Waals surface area contributed by atoms with Gasteiger partial charge >= 0.3 is 0 Å². The van der Waals surface area contributed by atoms with E-state index in [1.165, 1.54) is 225 Å². The molecule has 0 heteroatoms. The van der Waals surface area contributed by atoms with Crippen molar-refractivity contribution in [2.75, 3.05) is 0 Å². The number of hydrogen-bond donors (Lipinski definition) is 0. The van der Waals surface area contributed by atoms with E-state index in [0.29, 0.717) is 0 Å². The van der Waals surface area contributed by atoms with Crippen LogP contribution in [0.3, 0.4) is 0 Å². The first kappa shape index (κ1) is 25.7. The molecule has 34 spiro atoms. The first-order valence-electron chi connectivity index (χ1n) is 37.8. The van der Waals surface area contributed by atoms with Crippen LogP contribution in [-0.4, -0.2) is 0 Å². The van der Waals surface area contributed by atoms with Gasteiger partial charge in [0.1, 0.15) is 0 Å². The molecule has 0 N–H and O–H groups in total. The fraction of sp³-hybridized carbons (Fsp3) is 1.00. The summed E-state index contributed by atoms with van der Waals surface area (Å²) < 4.78 is 0. The van der Waals surface area contributed by atoms with Gasteiger partial charge in [0.2, 0.25) is 0 Å². The molecule has 76 heavy (non-hydrogen) atoms. The largest absolute Gasteiger partial charge is 0.0458 e. The standard InChI is InChI=1S/C76H46/c1-5-6-2-10-14-18-22-26-30-34-39-42-40-36-32-28-24-20-16-12-4-8-7-3-11-15-19-23-27-31-35-38-41-37-33-29-25-21-17-13-9(1)43(5)44(6,10)48(14)47(13,43)51(17)52(18,48)56(22)55(21,51)59(25)60(26,56)64(30)63(29,59)67(33)68(34,64)72(39)71(37,67)75(41)73(38)69(35)65(31)61(27)57(23)53(19)49(15)45(7,11)46(8,12)50(16,49)54(20,53)58(24,57)62(28,61)66(32,65)70(36,69)74(40,73)76(42,72)75/h5-42H,1-4H2. The maximum Gasteiger partial charge on any atom is -0.00502 e. The molecule has 54 aliphatic rings. The van der Waals surface area contributed by atoms with Crippen molar-refractivity contribution >= 4 is 0 Å². The van der Waals surface area contributed by atoms with Crippen LogP contribution in [-0.2, 0) is 0 Å². The molecule has 0 radical (unpaired) electrons. The number of hydrogen-bond acceptors (Lipinski definition) is 0. The molecule has 0 aromatic heterocycles. The predicted molar refractivity (Wildman–Crippen MR) is 234 cm³/mol. The van der Waals surface area contributed by atoms with Gasteiger partial charge in [0.05, 0.1) is 0 Å². The lowest BCUT2D eigenvalue weighted by molar-refractivity contribution is -1.16. The molecule has 0 bridgehead atoms. The van der Waals surface area contributed by atoms with Gasteiger partial charge in [-0.25, -0.2) is 0 Å². The lowest BCUT2D eigenvalue weighted by Gasteiger charge is -3.60. The topological polar surface area (TPSA) is 0 Å². The van der Waals surface area contributed by atoms with E-state index in [-0.39, 0.29) is 0 Å². The van der Waals surface area contributed by atoms with Gasteiger partial charge in [-0.3, -0.25) is 0 Å². The lowest BCUT2D eigenvalue weighted by Crippen LogP contribution is -3.59. The lowest BCUT2D eigenvalue weighted by atomic mass is 8.42. The Hall–Kier alpha value is 0. The van der Waals surface area contributed by atoms with Gasteiger partial charge in [0.25, 0.3) is 0 Å². The minimum Gasteiger partial charge on any atom is -0.0458 e. The molecule has 0 nitrogen and oxygen atoms in total. The summed E-state index contributed by atoms with van der Waals surface area (Å²) in [5, 5.41) is 0. The molecular formula is C76H46. The Bertz CT molecular complexity index is 4730. The molecular weight excluding hydrogens is 913 g/mol. The van der Waals surface area contributed by atoms with Crippen molar-refractivity contribution in [3.05, 3.63) is 0 Å². The Balaban J connectivity index is 0.551. The summed E-state index contributed by atoms with van der Waals surface area (Å²) >= 11 is 0. The van der Waals surface area contributed by atoms with Crippen molar-refractivity contribution in [3.63, 3.8) is 0 Å². The molecule has 0 aromatic rings. The Morgan fingerprint density at radius 1 is 0.105 bits per heavy atom. The molecule has 350 valence electrons. The molecule has 54 aliphatic carbocycles. The molecule has 54 saturated carbocycles. The van der Waals surface area contributed by atoms with E-state index in [9.17, 15) is 0 Å². The van der Waals surface area contributed by atoms with Crippen LogP contribution >= 0.6 is 0 Å². The van der Waals surface area contributed by atoms with Crippen molar-refractivity contribution in [2.24, 2.45) is 409 Å². The van der Waals surface area contributed by atoms with E-state index in [1.54, 1.807) is 0 Å². The summed E-state index contributed by atoms with van der Waals surface area (Å²) in [5.41, 5.74) is 38.1. The van der Waals surface area contributed by atoms with Crippen molar-refractivity contribution in [2.45, 2.75) is 25.7 Å². The van der Waals surface area contributed by atoms with Gasteiger partial charge in [-0.2, -0.15) is 0 Å². The fourth-order valence-corrected chi connectivity index (χ4v) is 83.4. The van der Waals surface area contributed by atoms with Crippen LogP contribution in [0.4, 0.5) is 0 Å². The van der Waals surface area contributed by atoms with Gasteiger partial charge in [-0.1, -0.05) is 0 Å². The summed E-state index contributed by atoms with van der Waals surface area (Å²) in [6.45, 7) is 0. The molecule has 54 fully saturated rings. The average Bonchev–Trinajstić information content (AvgIpc) is 0.445. The van der Waals surface area contributed by atoms with Gasteiger partial charge < -0.3 is 0 Å². The summed E-state index contributed by atoms with van der Waals surface area (Å²) in [6, 6.07) is 0. The van der Waals surface area contributed by atoms with Crippen LogP contribution in [0.1, 0.15) is 25.7 Å². The van der Waals surface area contributed by atoms with Crippen LogP contribution in [0.15, 0.2) is 0 Å². The van der Waals surface area contributed by atoms with Crippen LogP contribution in [0.2, 0.25) is 0 Å². The normalized spacial score (nSPS) is 141. The third kappa shape index (κ3) is 0.585. The van der Waals surface area contributed by atoms with Crippen molar-refractivity contribution in [1.82, 2.24) is 0 Å². The Morgan fingerprint density at radius 3 is 0.342 bits per heavy atom. The SMILES string of the molecule is C1C2C3CC4C5C6C7C8C9C%10C%11C%12C%13C%14C%15C%16C%17C%18C%19C%20CC%21C%22CC%23C%24C%25C%26C%27C%28C%29C%30C%31C%32C%33C%34C%35C%36C%37C%38C1C21C34C52C%381C%371C62C72C%361C%351C82C92C%341C%331C%102C%112C%321C%311C%303C%294C%285C%276C%267C%258C%249C%22%23C%21%20C%199C%188C%177C%166C%155C%144C%133C%1221. The molecule has 0 aromatic carbocycles. The van der Waals surface area contributed by atoms with Gasteiger partial charge in [-0.05, 0) is 435 Å². The van der Waals surface area contributed by atoms with Crippen LogP contribution in [0.5, 0.6) is 0 Å². The molecule has 68 atom stereocenters. The van der Waals surface area contributed by atoms with E-state index in [2.05, 4.69) is 0 Å². The Labute approximate surface area is 432 Å². The maximum atomic E-state index is 1.83. The molecule has 68 unspecified atom stereocenters. The third-order valence-corrected chi connectivity index (χ3v) is 66.0. The molecule has 0 heterocycles. The second kappa shape index (κ2) is 3.96. The van der Waals surface area contributed by atoms with Crippen molar-refractivity contribution < 1.29 is 0 Å². The second-order valence-corrected chi connectivity index (χ2v) is 49.3. The van der Waals surface area contributed by atoms with E-state index < -0.39 is 0 Å². The summed E-state index contributed by atoms with van der Waals surface area (Å²) in [7, 11) is 0. The van der Waals surface area contributed by atoms with Crippen LogP contribution < -0.4 is 0 Å². The predicted octanol–water partition coefficient (Wildman–Crippen LogP) is 6.23. The highest BCUT2D eigenvalue weighted by Gasteiger charge is 3.64. The van der Waals surface area contributed by atoms with Gasteiger partial charge in [-0.15, -0.1) is 0 Å². The fourth-order valence-electron chi connectivity index (χ4n) is 83.4. The Morgan fingerprint density at radius 2 is 0.211 bits per heavy atom. The molecule has 0 aliphatic heterocycles. The van der Waals surface area contributed by atoms with Gasteiger partial charge in [0, 0.05) is 0 Å². The molecule has 0 saturated heterocycles. The summed E-state index contributed by atoms with van der Waals surface area (Å²) in [6.07, 6.45) is 7.33. The smallest absolute Gasteiger partial charge is 0.00502 e. The first-order chi connectivity index (χ1) is 37.8. The zero-order valence-electron chi connectivity index (χ0n) is 41.8. The zero-order chi connectivity index (χ0) is 41.8. The molecule has 54 rings (SSSR count). The van der Waals surface area contributed by atoms with Crippen molar-refractivity contribution in [3.8, 4) is 0 Å². The highest BCUT2D eigenvalue weighted by atomic mass is 15.7. The first-order valence-corrected chi connectivity index (χ1v) is 37.8. The van der Waals surface area contributed by atoms with Crippen molar-refractivity contribution in [1.29, 1.82) is 0 Å². The van der Waals surface area contributed by atoms with E-state index in [4.69, 9.17) is 0 Å². The number of fused-ring (bicyclic) bond motifs is 34. The van der Waals surface area contributed by atoms with Gasteiger partial charge in [0.15, 0.2) is 0 Å². The summed E-state index contributed by atoms with van der Waals surface area (Å²) in [5.74, 6) is 53.7. The van der Waals surface area contributed by atoms with E-state index in [1.807, 2.05) is 25.7 Å². The monoisotopic (exact) mass is 958 g/mol. The highest BCUT2D eigenvalue weighted by molar-refractivity contribution is 6.09. The van der Waals surface area contributed by atoms with E-state index >= 15 is 0 Å². The van der Waals surface area contributed by atoms with E-state index in [0.717, 1.165) is 184 Å². The highest BCUT2D eigenvalue weighted by Crippen LogP contribution is 3.65. The third-order valence-electron chi connectivity index (χ3n) is 66.0.